The van der Waals surface area contributed by atoms with E-state index >= 15 is 0 Å². The summed E-state index contributed by atoms with van der Waals surface area (Å²) < 4.78 is 0. The van der Waals surface area contributed by atoms with Gasteiger partial charge in [-0.3, -0.25) is 10.1 Å². The maximum absolute atomic E-state index is 10.8. The number of thioether (sulfide) groups is 1. The minimum atomic E-state index is -0.404. The predicted octanol–water partition coefficient (Wildman–Crippen LogP) is 3.90. The van der Waals surface area contributed by atoms with Crippen molar-refractivity contribution in [3.05, 3.63) is 46.1 Å². The van der Waals surface area contributed by atoms with Crippen LogP contribution >= 0.6 is 11.8 Å². The number of nitro benzene ring substituents is 1. The molecule has 0 bridgehead atoms. The van der Waals surface area contributed by atoms with Gasteiger partial charge in [0.2, 0.25) is 5.95 Å². The molecule has 0 spiro atoms. The van der Waals surface area contributed by atoms with E-state index in [1.807, 2.05) is 6.92 Å². The van der Waals surface area contributed by atoms with Gasteiger partial charge in [0.15, 0.2) is 10.8 Å². The van der Waals surface area contributed by atoms with Gasteiger partial charge >= 0.3 is 0 Å². The molecule has 0 radical (unpaired) electrons. The first-order valence-electron chi connectivity index (χ1n) is 9.45. The second-order valence-electron chi connectivity index (χ2n) is 6.18. The third-order valence-electron chi connectivity index (χ3n) is 4.33. The van der Waals surface area contributed by atoms with Crippen LogP contribution in [-0.4, -0.2) is 44.5 Å². The molecule has 0 fully saturated rings. The van der Waals surface area contributed by atoms with Crippen LogP contribution in [0.2, 0.25) is 0 Å². The molecule has 0 unspecified atom stereocenters. The number of anilines is 2. The minimum Gasteiger partial charge on any atom is -0.370 e. The Balaban J connectivity index is 1.88. The quantitative estimate of drug-likeness (QED) is 0.242. The second kappa shape index (κ2) is 9.46. The highest BCUT2D eigenvalue weighted by Gasteiger charge is 2.13. The summed E-state index contributed by atoms with van der Waals surface area (Å²) in [7, 11) is 0. The van der Waals surface area contributed by atoms with Gasteiger partial charge in [-0.15, -0.1) is 0 Å². The second-order valence-corrected chi connectivity index (χ2v) is 7.12. The normalized spacial score (nSPS) is 10.9. The average Bonchev–Trinajstić information content (AvgIpc) is 2.73. The number of rotatable bonds is 9. The molecule has 3 rings (SSSR count). The van der Waals surface area contributed by atoms with Crippen LogP contribution in [0.3, 0.4) is 0 Å². The van der Waals surface area contributed by atoms with Gasteiger partial charge < -0.3 is 10.2 Å². The molecule has 1 aromatic carbocycles. The molecule has 0 aliphatic rings. The molecule has 9 nitrogen and oxygen atoms in total. The monoisotopic (exact) mass is 413 g/mol. The Hall–Kier alpha value is -3.01. The predicted molar refractivity (Wildman–Crippen MR) is 116 cm³/mol. The topological polar surface area (TPSA) is 110 Å². The average molecular weight is 414 g/mol. The fourth-order valence-corrected chi connectivity index (χ4v) is 3.57. The molecule has 10 heteroatoms. The first kappa shape index (κ1) is 20.7. The van der Waals surface area contributed by atoms with Crippen molar-refractivity contribution in [2.75, 3.05) is 29.9 Å². The maximum atomic E-state index is 10.8. The molecule has 2 heterocycles. The molecule has 0 aliphatic heterocycles. The summed E-state index contributed by atoms with van der Waals surface area (Å²) in [6.07, 6.45) is 1.76. The van der Waals surface area contributed by atoms with Gasteiger partial charge in [0, 0.05) is 43.7 Å². The van der Waals surface area contributed by atoms with Gasteiger partial charge in [0.1, 0.15) is 5.82 Å². The van der Waals surface area contributed by atoms with E-state index < -0.39 is 4.92 Å². The van der Waals surface area contributed by atoms with Crippen molar-refractivity contribution in [2.45, 2.75) is 31.7 Å². The number of hydrogen-bond donors (Lipinski definition) is 1. The molecule has 1 N–H and O–H groups in total. The van der Waals surface area contributed by atoms with E-state index in [9.17, 15) is 10.1 Å². The highest BCUT2D eigenvalue weighted by atomic mass is 32.2. The third-order valence-corrected chi connectivity index (χ3v) is 5.24. The Labute approximate surface area is 173 Å². The Morgan fingerprint density at radius 2 is 1.83 bits per heavy atom. The maximum Gasteiger partial charge on any atom is 0.269 e. The zero-order chi connectivity index (χ0) is 20.8. The molecule has 3 aromatic rings. The highest BCUT2D eigenvalue weighted by molar-refractivity contribution is 7.98. The van der Waals surface area contributed by atoms with Crippen molar-refractivity contribution < 1.29 is 4.92 Å². The van der Waals surface area contributed by atoms with Gasteiger partial charge in [-0.2, -0.15) is 4.98 Å². The molecule has 0 saturated carbocycles. The first-order valence-corrected chi connectivity index (χ1v) is 10.4. The smallest absolute Gasteiger partial charge is 0.269 e. The number of fused-ring (bicyclic) bond motifs is 1. The molecule has 29 heavy (non-hydrogen) atoms. The number of nitro groups is 1. The van der Waals surface area contributed by atoms with Crippen molar-refractivity contribution in [1.29, 1.82) is 0 Å². The van der Waals surface area contributed by atoms with Crippen LogP contribution in [0.5, 0.6) is 0 Å². The summed E-state index contributed by atoms with van der Waals surface area (Å²) in [5.41, 5.74) is 1.63. The van der Waals surface area contributed by atoms with E-state index in [2.05, 4.69) is 44.0 Å². The number of aromatic nitrogens is 4. The lowest BCUT2D eigenvalue weighted by Crippen LogP contribution is -2.24. The van der Waals surface area contributed by atoms with Crippen molar-refractivity contribution in [1.82, 2.24) is 19.9 Å². The van der Waals surface area contributed by atoms with Crippen LogP contribution in [0.1, 0.15) is 26.3 Å². The van der Waals surface area contributed by atoms with Crippen LogP contribution in [0.25, 0.3) is 11.0 Å². The number of nitrogens with one attached hydrogen (secondary N) is 1. The van der Waals surface area contributed by atoms with Gasteiger partial charge in [0.25, 0.3) is 5.69 Å². The van der Waals surface area contributed by atoms with Gasteiger partial charge in [-0.05, 0) is 26.3 Å². The summed E-state index contributed by atoms with van der Waals surface area (Å²) in [5.74, 6) is 1.95. The molecule has 152 valence electrons. The minimum absolute atomic E-state index is 0.0794. The van der Waals surface area contributed by atoms with E-state index in [-0.39, 0.29) is 5.69 Å². The fourth-order valence-electron chi connectivity index (χ4n) is 2.77. The van der Waals surface area contributed by atoms with Crippen molar-refractivity contribution in [3.63, 3.8) is 0 Å². The van der Waals surface area contributed by atoms with Crippen LogP contribution in [0.4, 0.5) is 17.5 Å². The zero-order valence-corrected chi connectivity index (χ0v) is 17.4. The summed E-state index contributed by atoms with van der Waals surface area (Å²) in [5, 5.41) is 15.4. The van der Waals surface area contributed by atoms with E-state index in [4.69, 9.17) is 0 Å². The first-order chi connectivity index (χ1) is 14.0. The van der Waals surface area contributed by atoms with Crippen LogP contribution < -0.4 is 10.2 Å². The van der Waals surface area contributed by atoms with E-state index in [0.717, 1.165) is 30.6 Å². The third kappa shape index (κ3) is 4.89. The molecule has 0 saturated heterocycles. The molecule has 0 atom stereocenters. The van der Waals surface area contributed by atoms with E-state index in [1.165, 1.54) is 23.9 Å². The number of nitrogens with zero attached hydrogens (tertiary/aromatic N) is 6. The lowest BCUT2D eigenvalue weighted by Gasteiger charge is -2.18. The van der Waals surface area contributed by atoms with E-state index in [1.54, 1.807) is 18.3 Å². The Kier molecular flexibility index (Phi) is 6.76. The van der Waals surface area contributed by atoms with Gasteiger partial charge in [-0.1, -0.05) is 23.9 Å². The molecule has 0 aliphatic carbocycles. The van der Waals surface area contributed by atoms with Crippen LogP contribution in [0.15, 0.2) is 35.6 Å². The van der Waals surface area contributed by atoms with E-state index in [0.29, 0.717) is 28.3 Å². The van der Waals surface area contributed by atoms with Gasteiger partial charge in [-0.25, -0.2) is 15.0 Å². The van der Waals surface area contributed by atoms with Crippen molar-refractivity contribution in [2.24, 2.45) is 0 Å². The number of benzene rings is 1. The summed E-state index contributed by atoms with van der Waals surface area (Å²) in [6, 6.07) is 6.51. The Morgan fingerprint density at radius 1 is 1.10 bits per heavy atom. The zero-order valence-electron chi connectivity index (χ0n) is 16.6. The Morgan fingerprint density at radius 3 is 2.45 bits per heavy atom. The summed E-state index contributed by atoms with van der Waals surface area (Å²) in [6.45, 7) is 8.47. The molecule has 0 amide bonds. The Bertz CT molecular complexity index is 994. The highest BCUT2D eigenvalue weighted by Crippen LogP contribution is 2.27. The fraction of sp³-hybridized carbons (Fsp3) is 0.368. The SMILES string of the molecule is CCNc1nc(SCc2ccc([N+](=O)[O-])cc2)nc2nc(N(CC)CC)ncc12. The number of non-ortho nitro benzene ring substituents is 1. The summed E-state index contributed by atoms with van der Waals surface area (Å²) >= 11 is 1.46. The molecule has 2 aromatic heterocycles. The van der Waals surface area contributed by atoms with Crippen molar-refractivity contribution >= 4 is 40.2 Å². The standard InChI is InChI=1S/C19H23N7O2S/c1-4-20-16-15-11-21-18(25(5-2)6-3)22-17(15)24-19(23-16)29-12-13-7-9-14(10-8-13)26(27)28/h7-11H,4-6,12H2,1-3H3,(H,20,21,22,23,24). The lowest BCUT2D eigenvalue weighted by molar-refractivity contribution is -0.384. The van der Waals surface area contributed by atoms with Crippen molar-refractivity contribution in [3.8, 4) is 0 Å². The molecular weight excluding hydrogens is 390 g/mol. The van der Waals surface area contributed by atoms with Crippen LogP contribution in [0, 0.1) is 10.1 Å². The number of hydrogen-bond acceptors (Lipinski definition) is 9. The van der Waals surface area contributed by atoms with Crippen LogP contribution in [-0.2, 0) is 5.75 Å². The van der Waals surface area contributed by atoms with Gasteiger partial charge in [0.05, 0.1) is 10.3 Å². The largest absolute Gasteiger partial charge is 0.370 e. The summed E-state index contributed by atoms with van der Waals surface area (Å²) in [4.78, 5) is 30.8. The lowest BCUT2D eigenvalue weighted by atomic mass is 10.2. The molecular formula is C19H23N7O2S.